The van der Waals surface area contributed by atoms with Crippen LogP contribution in [0, 0.1) is 29.1 Å². The Morgan fingerprint density at radius 2 is 1.39 bits per heavy atom. The van der Waals surface area contributed by atoms with Crippen LogP contribution in [0.4, 0.5) is 22.0 Å². The molecule has 0 atom stereocenters. The molecule has 1 rings (SSSR count). The number of ether oxygens (including phenoxy) is 1. The Kier molecular flexibility index (Phi) is 3.89. The van der Waals surface area contributed by atoms with Crippen molar-refractivity contribution in [3.8, 4) is 5.75 Å². The zero-order chi connectivity index (χ0) is 14.0. The van der Waals surface area contributed by atoms with E-state index in [1.54, 1.807) is 0 Å². The highest BCUT2D eigenvalue weighted by Crippen LogP contribution is 2.29. The van der Waals surface area contributed by atoms with Crippen molar-refractivity contribution in [2.24, 2.45) is 0 Å². The van der Waals surface area contributed by atoms with E-state index in [-0.39, 0.29) is 0 Å². The molecule has 0 aliphatic carbocycles. The molecule has 1 aromatic rings. The van der Waals surface area contributed by atoms with Crippen LogP contribution in [-0.4, -0.2) is 17.7 Å². The Bertz CT molecular complexity index is 498. The van der Waals surface area contributed by atoms with Crippen LogP contribution in [0.3, 0.4) is 0 Å². The van der Waals surface area contributed by atoms with Crippen molar-refractivity contribution in [3.63, 3.8) is 0 Å². The summed E-state index contributed by atoms with van der Waals surface area (Å²) >= 11 is 0. The molecule has 98 valence electrons. The minimum absolute atomic E-state index is 0.612. The number of aliphatic carboxylic acids is 1. The molecule has 0 saturated heterocycles. The highest BCUT2D eigenvalue weighted by Gasteiger charge is 2.27. The maximum Gasteiger partial charge on any atom is 0.334 e. The first-order valence-corrected chi connectivity index (χ1v) is 4.32. The molecular weight excluding hydrogens is 263 g/mol. The first-order valence-electron chi connectivity index (χ1n) is 4.32. The van der Waals surface area contributed by atoms with E-state index in [1.807, 2.05) is 0 Å². The summed E-state index contributed by atoms with van der Waals surface area (Å²) in [4.78, 5) is 10.3. The van der Waals surface area contributed by atoms with Gasteiger partial charge in [0.05, 0.1) is 5.57 Å². The fourth-order valence-electron chi connectivity index (χ4n) is 0.933. The third-order valence-corrected chi connectivity index (χ3v) is 1.86. The SMILES string of the molecule is C=C(COc1c(F)c(F)c(F)c(F)c1F)C(=O)O. The molecule has 0 fully saturated rings. The van der Waals surface area contributed by atoms with Crippen molar-refractivity contribution in [2.75, 3.05) is 6.61 Å². The Hall–Kier alpha value is -2.12. The number of carbonyl (C=O) groups is 1. The normalized spacial score (nSPS) is 10.3. The van der Waals surface area contributed by atoms with Gasteiger partial charge in [-0.15, -0.1) is 0 Å². The van der Waals surface area contributed by atoms with Crippen molar-refractivity contribution in [1.82, 2.24) is 0 Å². The van der Waals surface area contributed by atoms with Crippen LogP contribution in [0.5, 0.6) is 5.75 Å². The molecule has 0 heterocycles. The number of halogens is 5. The summed E-state index contributed by atoms with van der Waals surface area (Å²) in [5, 5.41) is 8.38. The molecule has 0 bridgehead atoms. The van der Waals surface area contributed by atoms with Crippen molar-refractivity contribution < 1.29 is 36.6 Å². The van der Waals surface area contributed by atoms with Gasteiger partial charge < -0.3 is 9.84 Å². The second kappa shape index (κ2) is 5.03. The molecule has 0 aliphatic heterocycles. The van der Waals surface area contributed by atoms with Crippen LogP contribution < -0.4 is 4.74 Å². The number of hydrogen-bond acceptors (Lipinski definition) is 2. The van der Waals surface area contributed by atoms with E-state index in [2.05, 4.69) is 11.3 Å². The third-order valence-electron chi connectivity index (χ3n) is 1.86. The van der Waals surface area contributed by atoms with Gasteiger partial charge in [0.25, 0.3) is 0 Å². The molecule has 0 aromatic heterocycles. The van der Waals surface area contributed by atoms with Gasteiger partial charge >= 0.3 is 5.97 Å². The van der Waals surface area contributed by atoms with Gasteiger partial charge in [-0.2, -0.15) is 8.78 Å². The molecular formula is C10H5F5O3. The van der Waals surface area contributed by atoms with E-state index in [0.717, 1.165) is 0 Å². The van der Waals surface area contributed by atoms with Crippen LogP contribution in [0.1, 0.15) is 0 Å². The summed E-state index contributed by atoms with van der Waals surface area (Å²) in [6.45, 7) is 2.04. The summed E-state index contributed by atoms with van der Waals surface area (Å²) in [6, 6.07) is 0. The van der Waals surface area contributed by atoms with Gasteiger partial charge in [-0.25, -0.2) is 18.0 Å². The van der Waals surface area contributed by atoms with Crippen LogP contribution in [0.2, 0.25) is 0 Å². The number of benzene rings is 1. The molecule has 0 radical (unpaired) electrons. The number of hydrogen-bond donors (Lipinski definition) is 1. The molecule has 0 aliphatic rings. The Morgan fingerprint density at radius 3 is 1.78 bits per heavy atom. The topological polar surface area (TPSA) is 46.5 Å². The fourth-order valence-corrected chi connectivity index (χ4v) is 0.933. The third kappa shape index (κ3) is 2.41. The maximum absolute atomic E-state index is 13.0. The minimum atomic E-state index is -2.32. The van der Waals surface area contributed by atoms with Crippen molar-refractivity contribution >= 4 is 5.97 Å². The summed E-state index contributed by atoms with van der Waals surface area (Å²) in [7, 11) is 0. The molecule has 0 spiro atoms. The van der Waals surface area contributed by atoms with E-state index >= 15 is 0 Å². The summed E-state index contributed by atoms with van der Waals surface area (Å²) < 4.78 is 68.3. The monoisotopic (exact) mass is 268 g/mol. The zero-order valence-corrected chi connectivity index (χ0v) is 8.57. The molecule has 8 heteroatoms. The van der Waals surface area contributed by atoms with Gasteiger partial charge in [0.15, 0.2) is 5.75 Å². The lowest BCUT2D eigenvalue weighted by Gasteiger charge is -2.09. The highest BCUT2D eigenvalue weighted by molar-refractivity contribution is 5.86. The van der Waals surface area contributed by atoms with Gasteiger partial charge in [0, 0.05) is 0 Å². The fraction of sp³-hybridized carbons (Fsp3) is 0.100. The zero-order valence-electron chi connectivity index (χ0n) is 8.57. The first kappa shape index (κ1) is 13.9. The lowest BCUT2D eigenvalue weighted by molar-refractivity contribution is -0.133. The van der Waals surface area contributed by atoms with Gasteiger partial charge in [0.1, 0.15) is 6.61 Å². The summed E-state index contributed by atoms with van der Waals surface area (Å²) in [5.41, 5.74) is -0.612. The predicted octanol–water partition coefficient (Wildman–Crippen LogP) is 2.40. The Morgan fingerprint density at radius 1 is 1.00 bits per heavy atom. The van der Waals surface area contributed by atoms with E-state index in [0.29, 0.717) is 0 Å². The molecule has 1 N–H and O–H groups in total. The van der Waals surface area contributed by atoms with Crippen LogP contribution in [0.15, 0.2) is 12.2 Å². The molecule has 3 nitrogen and oxygen atoms in total. The van der Waals surface area contributed by atoms with Crippen molar-refractivity contribution in [2.45, 2.75) is 0 Å². The molecule has 0 unspecified atom stereocenters. The number of rotatable bonds is 4. The second-order valence-electron chi connectivity index (χ2n) is 3.10. The molecule has 1 aromatic carbocycles. The largest absolute Gasteiger partial charge is 0.482 e. The quantitative estimate of drug-likeness (QED) is 0.395. The predicted molar refractivity (Wildman–Crippen MR) is 48.5 cm³/mol. The summed E-state index contributed by atoms with van der Waals surface area (Å²) in [5.74, 6) is -14.1. The Balaban J connectivity index is 3.11. The van der Waals surface area contributed by atoms with Crippen LogP contribution in [-0.2, 0) is 4.79 Å². The van der Waals surface area contributed by atoms with Gasteiger partial charge in [-0.3, -0.25) is 0 Å². The highest BCUT2D eigenvalue weighted by atomic mass is 19.2. The number of carboxylic acids is 1. The van der Waals surface area contributed by atoms with E-state index in [1.165, 1.54) is 0 Å². The van der Waals surface area contributed by atoms with Crippen LogP contribution >= 0.6 is 0 Å². The average Bonchev–Trinajstić information content (AvgIpc) is 2.33. The molecule has 18 heavy (non-hydrogen) atoms. The lowest BCUT2D eigenvalue weighted by atomic mass is 10.2. The minimum Gasteiger partial charge on any atom is -0.482 e. The average molecular weight is 268 g/mol. The first-order chi connectivity index (χ1) is 8.27. The Labute approximate surface area is 97.1 Å². The van der Waals surface area contributed by atoms with E-state index in [9.17, 15) is 26.7 Å². The summed E-state index contributed by atoms with van der Waals surface area (Å²) in [6.07, 6.45) is 0. The van der Waals surface area contributed by atoms with E-state index in [4.69, 9.17) is 5.11 Å². The van der Waals surface area contributed by atoms with Crippen molar-refractivity contribution in [3.05, 3.63) is 41.2 Å². The molecule has 0 saturated carbocycles. The smallest absolute Gasteiger partial charge is 0.334 e. The molecule has 0 amide bonds. The lowest BCUT2D eigenvalue weighted by Crippen LogP contribution is -2.12. The van der Waals surface area contributed by atoms with Crippen molar-refractivity contribution in [1.29, 1.82) is 0 Å². The van der Waals surface area contributed by atoms with Gasteiger partial charge in [-0.1, -0.05) is 6.58 Å². The standard InChI is InChI=1S/C10H5F5O3/c1-3(10(16)17)2-18-9-7(14)5(12)4(11)6(13)8(9)15/h1-2H2,(H,16,17). The second-order valence-corrected chi connectivity index (χ2v) is 3.10. The van der Waals surface area contributed by atoms with Crippen LogP contribution in [0.25, 0.3) is 0 Å². The van der Waals surface area contributed by atoms with Gasteiger partial charge in [-0.05, 0) is 0 Å². The van der Waals surface area contributed by atoms with E-state index < -0.39 is 53.0 Å². The number of carboxylic acid groups (broad SMARTS) is 1. The maximum atomic E-state index is 13.0. The van der Waals surface area contributed by atoms with Gasteiger partial charge in [0.2, 0.25) is 29.1 Å².